The number of aromatic nitrogens is 1. The number of nitro benzene ring substituents is 1. The molecule has 1 heterocycles. The highest BCUT2D eigenvalue weighted by Crippen LogP contribution is 2.34. The number of nitrogens with zero attached hydrogens (tertiary/aromatic N) is 3. The van der Waals surface area contributed by atoms with Gasteiger partial charge >= 0.3 is 0 Å². The van der Waals surface area contributed by atoms with Gasteiger partial charge in [-0.05, 0) is 29.8 Å². The number of para-hydroxylation sites is 1. The van der Waals surface area contributed by atoms with Gasteiger partial charge in [-0.25, -0.2) is 4.98 Å². The summed E-state index contributed by atoms with van der Waals surface area (Å²) in [4.78, 5) is 14.6. The number of fused-ring (bicyclic) bond motifs is 1. The molecule has 0 aliphatic heterocycles. The van der Waals surface area contributed by atoms with E-state index in [0.29, 0.717) is 10.6 Å². The zero-order valence-electron chi connectivity index (χ0n) is 11.6. The molecule has 5 nitrogen and oxygen atoms in total. The normalized spacial score (nSPS) is 11.8. The fourth-order valence-corrected chi connectivity index (χ4v) is 3.32. The first kappa shape index (κ1) is 15.2. The Hall–Kier alpha value is -2.75. The number of non-ortho nitro benzene ring substituents is 1. The molecule has 0 N–H and O–H groups in total. The second-order valence-corrected chi connectivity index (χ2v) is 6.00. The molecule has 112 valence electrons. The highest BCUT2D eigenvalue weighted by atomic mass is 35.5. The first-order valence-electron chi connectivity index (χ1n) is 6.51. The summed E-state index contributed by atoms with van der Waals surface area (Å²) < 4.78 is 0.961. The third-order valence-electron chi connectivity index (χ3n) is 3.17. The summed E-state index contributed by atoms with van der Waals surface area (Å²) in [5.74, 6) is 0. The van der Waals surface area contributed by atoms with Crippen LogP contribution in [0.3, 0.4) is 0 Å². The minimum Gasteiger partial charge on any atom is -0.258 e. The van der Waals surface area contributed by atoms with E-state index in [2.05, 4.69) is 11.1 Å². The van der Waals surface area contributed by atoms with Gasteiger partial charge in [0.15, 0.2) is 0 Å². The quantitative estimate of drug-likeness (QED) is 0.388. The molecule has 7 heteroatoms. The van der Waals surface area contributed by atoms with Crippen molar-refractivity contribution < 1.29 is 4.92 Å². The van der Waals surface area contributed by atoms with Gasteiger partial charge in [-0.15, -0.1) is 11.3 Å². The Kier molecular flexibility index (Phi) is 4.06. The molecular weight excluding hydrogens is 334 g/mol. The van der Waals surface area contributed by atoms with Gasteiger partial charge in [-0.1, -0.05) is 23.7 Å². The van der Waals surface area contributed by atoms with Crippen molar-refractivity contribution in [3.8, 4) is 6.07 Å². The van der Waals surface area contributed by atoms with Crippen molar-refractivity contribution in [3.05, 3.63) is 69.2 Å². The minimum atomic E-state index is -0.486. The van der Waals surface area contributed by atoms with Crippen molar-refractivity contribution in [1.82, 2.24) is 4.98 Å². The van der Waals surface area contributed by atoms with E-state index in [9.17, 15) is 15.4 Å². The van der Waals surface area contributed by atoms with Gasteiger partial charge < -0.3 is 0 Å². The zero-order valence-corrected chi connectivity index (χ0v) is 13.1. The minimum absolute atomic E-state index is 0.0308. The Bertz CT molecular complexity index is 938. The van der Waals surface area contributed by atoms with Crippen molar-refractivity contribution in [2.75, 3.05) is 0 Å². The number of hydrogen-bond acceptors (Lipinski definition) is 5. The lowest BCUT2D eigenvalue weighted by Crippen LogP contribution is -1.89. The molecule has 3 rings (SSSR count). The van der Waals surface area contributed by atoms with Crippen LogP contribution in [0.5, 0.6) is 0 Å². The van der Waals surface area contributed by atoms with Gasteiger partial charge in [0.05, 0.1) is 20.2 Å². The van der Waals surface area contributed by atoms with E-state index in [0.717, 1.165) is 10.2 Å². The molecule has 0 atom stereocenters. The van der Waals surface area contributed by atoms with E-state index in [1.807, 2.05) is 24.3 Å². The van der Waals surface area contributed by atoms with Crippen molar-refractivity contribution in [2.45, 2.75) is 0 Å². The Morgan fingerprint density at radius 2 is 1.91 bits per heavy atom. The average molecular weight is 342 g/mol. The topological polar surface area (TPSA) is 79.8 Å². The second-order valence-electron chi connectivity index (χ2n) is 4.59. The first-order chi connectivity index (χ1) is 11.1. The van der Waals surface area contributed by atoms with Crippen LogP contribution >= 0.6 is 22.9 Å². The van der Waals surface area contributed by atoms with Gasteiger partial charge in [-0.3, -0.25) is 10.1 Å². The molecule has 0 spiro atoms. The number of rotatable bonds is 3. The first-order valence-corrected chi connectivity index (χ1v) is 7.70. The van der Waals surface area contributed by atoms with Crippen molar-refractivity contribution >= 4 is 49.4 Å². The van der Waals surface area contributed by atoms with Crippen LogP contribution in [-0.2, 0) is 0 Å². The number of benzene rings is 2. The van der Waals surface area contributed by atoms with E-state index in [4.69, 9.17) is 11.6 Å². The van der Waals surface area contributed by atoms with Gasteiger partial charge in [0.1, 0.15) is 16.6 Å². The molecule has 2 aromatic carbocycles. The summed E-state index contributed by atoms with van der Waals surface area (Å²) >= 11 is 7.70. The molecule has 23 heavy (non-hydrogen) atoms. The summed E-state index contributed by atoms with van der Waals surface area (Å²) in [5, 5.41) is 20.9. The van der Waals surface area contributed by atoms with Crippen LogP contribution in [0.4, 0.5) is 5.69 Å². The van der Waals surface area contributed by atoms with Crippen LogP contribution in [0.25, 0.3) is 20.8 Å². The maximum Gasteiger partial charge on any atom is 0.269 e. The smallest absolute Gasteiger partial charge is 0.258 e. The molecule has 0 aliphatic carbocycles. The van der Waals surface area contributed by atoms with Crippen LogP contribution in [0.15, 0.2) is 48.5 Å². The third kappa shape index (κ3) is 2.93. The predicted molar refractivity (Wildman–Crippen MR) is 91.0 cm³/mol. The largest absolute Gasteiger partial charge is 0.269 e. The maximum atomic E-state index is 10.7. The van der Waals surface area contributed by atoms with Gasteiger partial charge in [0, 0.05) is 12.1 Å². The molecule has 3 aromatic rings. The number of hydrogen-bond donors (Lipinski definition) is 0. The van der Waals surface area contributed by atoms with Crippen LogP contribution in [0, 0.1) is 21.4 Å². The summed E-state index contributed by atoms with van der Waals surface area (Å²) in [6, 6.07) is 15.4. The standard InChI is InChI=1S/C16H8ClN3O2S/c17-15(10-5-7-11(8-6-10)20(21)22)12(9-18)16-19-13-3-1-2-4-14(13)23-16/h1-8H/b15-12+. The lowest BCUT2D eigenvalue weighted by Gasteiger charge is -2.01. The molecule has 0 radical (unpaired) electrons. The predicted octanol–water partition coefficient (Wildman–Crippen LogP) is 4.84. The Morgan fingerprint density at radius 3 is 2.52 bits per heavy atom. The number of nitro groups is 1. The average Bonchev–Trinajstić information content (AvgIpc) is 2.99. The number of thiazole rings is 1. The SMILES string of the molecule is N#C/C(=C(\Cl)c1ccc([N+](=O)[O-])cc1)c1nc2ccccc2s1. The maximum absolute atomic E-state index is 10.7. The Balaban J connectivity index is 2.08. The van der Waals surface area contributed by atoms with Crippen molar-refractivity contribution in [1.29, 1.82) is 5.26 Å². The van der Waals surface area contributed by atoms with Gasteiger partial charge in [-0.2, -0.15) is 5.26 Å². The Morgan fingerprint density at radius 1 is 1.22 bits per heavy atom. The van der Waals surface area contributed by atoms with Crippen molar-refractivity contribution in [2.24, 2.45) is 0 Å². The molecule has 0 amide bonds. The molecule has 0 fully saturated rings. The fraction of sp³-hybridized carbons (Fsp3) is 0. The summed E-state index contributed by atoms with van der Waals surface area (Å²) in [6.45, 7) is 0. The lowest BCUT2D eigenvalue weighted by atomic mass is 10.1. The van der Waals surface area contributed by atoms with Crippen LogP contribution in [0.2, 0.25) is 0 Å². The molecule has 0 unspecified atom stereocenters. The number of nitriles is 1. The van der Waals surface area contributed by atoms with Crippen LogP contribution in [0.1, 0.15) is 10.6 Å². The molecule has 0 bridgehead atoms. The van der Waals surface area contributed by atoms with Gasteiger partial charge in [0.25, 0.3) is 5.69 Å². The molecule has 0 saturated carbocycles. The third-order valence-corrected chi connectivity index (χ3v) is 4.63. The molecule has 1 aromatic heterocycles. The van der Waals surface area contributed by atoms with Crippen molar-refractivity contribution in [3.63, 3.8) is 0 Å². The zero-order chi connectivity index (χ0) is 16.4. The monoisotopic (exact) mass is 341 g/mol. The second kappa shape index (κ2) is 6.16. The molecular formula is C16H8ClN3O2S. The molecule has 0 saturated heterocycles. The van der Waals surface area contributed by atoms with E-state index >= 15 is 0 Å². The Labute approximate surface area is 140 Å². The van der Waals surface area contributed by atoms with E-state index in [-0.39, 0.29) is 16.3 Å². The highest BCUT2D eigenvalue weighted by molar-refractivity contribution is 7.19. The van der Waals surface area contributed by atoms with Crippen LogP contribution in [-0.4, -0.2) is 9.91 Å². The number of allylic oxidation sites excluding steroid dienone is 1. The lowest BCUT2D eigenvalue weighted by molar-refractivity contribution is -0.384. The summed E-state index contributed by atoms with van der Waals surface area (Å²) in [6.07, 6.45) is 0. The van der Waals surface area contributed by atoms with E-state index in [1.54, 1.807) is 0 Å². The van der Waals surface area contributed by atoms with Gasteiger partial charge in [0.2, 0.25) is 0 Å². The van der Waals surface area contributed by atoms with E-state index in [1.165, 1.54) is 35.6 Å². The van der Waals surface area contributed by atoms with Crippen LogP contribution < -0.4 is 0 Å². The van der Waals surface area contributed by atoms with E-state index < -0.39 is 4.92 Å². The molecule has 0 aliphatic rings. The highest BCUT2D eigenvalue weighted by Gasteiger charge is 2.15. The number of halogens is 1. The summed E-state index contributed by atoms with van der Waals surface area (Å²) in [7, 11) is 0. The fourth-order valence-electron chi connectivity index (χ4n) is 2.04. The summed E-state index contributed by atoms with van der Waals surface area (Å²) in [5.41, 5.74) is 1.56.